The van der Waals surface area contributed by atoms with Crippen LogP contribution in [0.3, 0.4) is 0 Å². The molecule has 0 spiro atoms. The standard InChI is InChI=1S/C11H18N4.ClH/c1-14-8-13-4-11(14)7-15-5-9-2-12-3-10(9)6-15;/h4,8-10,12H,2-3,5-7H2,1H3;1H/t9-,10+;. The Hall–Kier alpha value is -0.580. The van der Waals surface area contributed by atoms with E-state index >= 15 is 0 Å². The summed E-state index contributed by atoms with van der Waals surface area (Å²) in [6.45, 7) is 5.99. The van der Waals surface area contributed by atoms with E-state index < -0.39 is 0 Å². The second-order valence-electron chi connectivity index (χ2n) is 4.87. The van der Waals surface area contributed by atoms with Crippen LogP contribution in [-0.4, -0.2) is 40.6 Å². The molecule has 2 atom stereocenters. The van der Waals surface area contributed by atoms with Gasteiger partial charge in [-0.05, 0) is 24.9 Å². The Morgan fingerprint density at radius 3 is 2.62 bits per heavy atom. The zero-order valence-corrected chi connectivity index (χ0v) is 10.4. The number of nitrogens with zero attached hydrogens (tertiary/aromatic N) is 3. The topological polar surface area (TPSA) is 33.1 Å². The van der Waals surface area contributed by atoms with Gasteiger partial charge in [-0.1, -0.05) is 0 Å². The van der Waals surface area contributed by atoms with E-state index in [4.69, 9.17) is 0 Å². The lowest BCUT2D eigenvalue weighted by atomic mass is 10.0. The van der Waals surface area contributed by atoms with E-state index in [0.717, 1.165) is 18.4 Å². The van der Waals surface area contributed by atoms with Gasteiger partial charge in [0.1, 0.15) is 0 Å². The SMILES string of the molecule is Cl.Cn1cncc1CN1C[C@H]2CNC[C@H]2C1. The van der Waals surface area contributed by atoms with E-state index in [1.807, 2.05) is 12.5 Å². The smallest absolute Gasteiger partial charge is 0.0945 e. The lowest BCUT2D eigenvalue weighted by Gasteiger charge is -2.16. The first-order valence-corrected chi connectivity index (χ1v) is 5.71. The number of nitrogens with one attached hydrogen (secondary N) is 1. The van der Waals surface area contributed by atoms with Crippen molar-refractivity contribution in [1.82, 2.24) is 19.8 Å². The lowest BCUT2D eigenvalue weighted by Crippen LogP contribution is -2.26. The number of aryl methyl sites for hydroxylation is 1. The zero-order valence-electron chi connectivity index (χ0n) is 9.59. The average Bonchev–Trinajstić information content (AvgIpc) is 2.83. The molecule has 2 fully saturated rings. The van der Waals surface area contributed by atoms with E-state index in [0.29, 0.717) is 0 Å². The summed E-state index contributed by atoms with van der Waals surface area (Å²) in [6.07, 6.45) is 3.86. The molecular formula is C11H19ClN4. The molecule has 2 aliphatic heterocycles. The molecule has 0 saturated carbocycles. The average molecular weight is 243 g/mol. The number of rotatable bonds is 2. The van der Waals surface area contributed by atoms with Crippen LogP contribution in [0.2, 0.25) is 0 Å². The Labute approximate surface area is 102 Å². The van der Waals surface area contributed by atoms with Crippen LogP contribution < -0.4 is 5.32 Å². The molecule has 0 bridgehead atoms. The largest absolute Gasteiger partial charge is 0.337 e. The van der Waals surface area contributed by atoms with Crippen molar-refractivity contribution in [2.75, 3.05) is 26.2 Å². The quantitative estimate of drug-likeness (QED) is 0.820. The molecule has 1 N–H and O–H groups in total. The summed E-state index contributed by atoms with van der Waals surface area (Å²) >= 11 is 0. The van der Waals surface area contributed by atoms with E-state index in [9.17, 15) is 0 Å². The minimum absolute atomic E-state index is 0. The van der Waals surface area contributed by atoms with Gasteiger partial charge in [-0.15, -0.1) is 12.4 Å². The predicted molar refractivity (Wildman–Crippen MR) is 65.6 cm³/mol. The first-order chi connectivity index (χ1) is 7.33. The zero-order chi connectivity index (χ0) is 10.3. The minimum Gasteiger partial charge on any atom is -0.337 e. The number of hydrogen-bond donors (Lipinski definition) is 1. The van der Waals surface area contributed by atoms with Crippen molar-refractivity contribution in [2.45, 2.75) is 6.54 Å². The van der Waals surface area contributed by atoms with Crippen molar-refractivity contribution in [2.24, 2.45) is 18.9 Å². The highest BCUT2D eigenvalue weighted by molar-refractivity contribution is 5.85. The maximum absolute atomic E-state index is 4.16. The van der Waals surface area contributed by atoms with Gasteiger partial charge in [0, 0.05) is 32.9 Å². The summed E-state index contributed by atoms with van der Waals surface area (Å²) in [4.78, 5) is 6.72. The summed E-state index contributed by atoms with van der Waals surface area (Å²) in [5.41, 5.74) is 1.32. The number of aromatic nitrogens is 2. The number of likely N-dealkylation sites (tertiary alicyclic amines) is 1. The summed E-state index contributed by atoms with van der Waals surface area (Å²) in [6, 6.07) is 0. The van der Waals surface area contributed by atoms with Gasteiger partial charge < -0.3 is 9.88 Å². The molecule has 0 aromatic carbocycles. The lowest BCUT2D eigenvalue weighted by molar-refractivity contribution is 0.299. The molecule has 1 aromatic rings. The molecule has 3 rings (SSSR count). The van der Waals surface area contributed by atoms with E-state index in [1.54, 1.807) is 0 Å². The van der Waals surface area contributed by atoms with Crippen LogP contribution in [0.4, 0.5) is 0 Å². The van der Waals surface area contributed by atoms with Crippen molar-refractivity contribution in [3.8, 4) is 0 Å². The summed E-state index contributed by atoms with van der Waals surface area (Å²) in [5.74, 6) is 1.77. The first kappa shape index (κ1) is 11.9. The minimum atomic E-state index is 0. The number of halogens is 1. The fourth-order valence-electron chi connectivity index (χ4n) is 2.85. The summed E-state index contributed by atoms with van der Waals surface area (Å²) in [7, 11) is 2.07. The number of fused-ring (bicyclic) bond motifs is 1. The third kappa shape index (κ3) is 2.10. The van der Waals surface area contributed by atoms with Gasteiger partial charge in [0.25, 0.3) is 0 Å². The Kier molecular flexibility index (Phi) is 3.52. The molecule has 0 amide bonds. The second kappa shape index (κ2) is 4.73. The van der Waals surface area contributed by atoms with Gasteiger partial charge in [0.2, 0.25) is 0 Å². The number of imidazole rings is 1. The Morgan fingerprint density at radius 2 is 2.06 bits per heavy atom. The highest BCUT2D eigenvalue weighted by Crippen LogP contribution is 2.27. The Morgan fingerprint density at radius 1 is 1.38 bits per heavy atom. The van der Waals surface area contributed by atoms with Crippen molar-refractivity contribution in [1.29, 1.82) is 0 Å². The molecule has 0 radical (unpaired) electrons. The highest BCUT2D eigenvalue weighted by atomic mass is 35.5. The van der Waals surface area contributed by atoms with Crippen LogP contribution >= 0.6 is 12.4 Å². The molecule has 3 heterocycles. The van der Waals surface area contributed by atoms with Crippen LogP contribution in [0.25, 0.3) is 0 Å². The third-order valence-electron chi connectivity index (χ3n) is 3.77. The van der Waals surface area contributed by atoms with E-state index in [-0.39, 0.29) is 12.4 Å². The van der Waals surface area contributed by atoms with Gasteiger partial charge in [-0.25, -0.2) is 4.98 Å². The highest BCUT2D eigenvalue weighted by Gasteiger charge is 2.35. The molecular weight excluding hydrogens is 224 g/mol. The third-order valence-corrected chi connectivity index (χ3v) is 3.77. The van der Waals surface area contributed by atoms with E-state index in [1.165, 1.54) is 31.9 Å². The van der Waals surface area contributed by atoms with E-state index in [2.05, 4.69) is 26.8 Å². The van der Waals surface area contributed by atoms with Crippen molar-refractivity contribution in [3.05, 3.63) is 18.2 Å². The van der Waals surface area contributed by atoms with Crippen LogP contribution in [0, 0.1) is 11.8 Å². The molecule has 16 heavy (non-hydrogen) atoms. The fraction of sp³-hybridized carbons (Fsp3) is 0.727. The van der Waals surface area contributed by atoms with Crippen molar-refractivity contribution < 1.29 is 0 Å². The normalized spacial score (nSPS) is 29.1. The maximum Gasteiger partial charge on any atom is 0.0945 e. The van der Waals surface area contributed by atoms with Crippen LogP contribution in [0.15, 0.2) is 12.5 Å². The van der Waals surface area contributed by atoms with Crippen LogP contribution in [0.5, 0.6) is 0 Å². The Bertz CT molecular complexity index is 340. The first-order valence-electron chi connectivity index (χ1n) is 5.71. The second-order valence-corrected chi connectivity index (χ2v) is 4.87. The molecule has 4 nitrogen and oxygen atoms in total. The van der Waals surface area contributed by atoms with Crippen molar-refractivity contribution in [3.63, 3.8) is 0 Å². The molecule has 0 unspecified atom stereocenters. The van der Waals surface area contributed by atoms with Gasteiger partial charge in [0.05, 0.1) is 12.0 Å². The molecule has 0 aliphatic carbocycles. The number of hydrogen-bond acceptors (Lipinski definition) is 3. The fourth-order valence-corrected chi connectivity index (χ4v) is 2.85. The van der Waals surface area contributed by atoms with Crippen LogP contribution in [0.1, 0.15) is 5.69 Å². The predicted octanol–water partition coefficient (Wildman–Crippen LogP) is 0.493. The molecule has 5 heteroatoms. The van der Waals surface area contributed by atoms with Gasteiger partial charge in [0.15, 0.2) is 0 Å². The van der Waals surface area contributed by atoms with Crippen molar-refractivity contribution >= 4 is 12.4 Å². The monoisotopic (exact) mass is 242 g/mol. The molecule has 2 saturated heterocycles. The maximum atomic E-state index is 4.16. The van der Waals surface area contributed by atoms with Gasteiger partial charge in [-0.2, -0.15) is 0 Å². The Balaban J connectivity index is 0.000000963. The molecule has 1 aromatic heterocycles. The summed E-state index contributed by atoms with van der Waals surface area (Å²) < 4.78 is 2.12. The van der Waals surface area contributed by atoms with Crippen LogP contribution in [-0.2, 0) is 13.6 Å². The molecule has 2 aliphatic rings. The summed E-state index contributed by atoms with van der Waals surface area (Å²) in [5, 5.41) is 3.47. The van der Waals surface area contributed by atoms with Gasteiger partial charge in [-0.3, -0.25) is 4.90 Å². The van der Waals surface area contributed by atoms with Gasteiger partial charge >= 0.3 is 0 Å². The molecule has 90 valence electrons.